The van der Waals surface area contributed by atoms with E-state index in [-0.39, 0.29) is 0 Å². The van der Waals surface area contributed by atoms with Crippen molar-refractivity contribution in [2.75, 3.05) is 0 Å². The Balaban J connectivity index is 2.37. The second kappa shape index (κ2) is 5.13. The molecule has 1 heterocycles. The number of carbonyl (C=O) groups is 1. The van der Waals surface area contributed by atoms with E-state index in [1.165, 1.54) is 22.3 Å². The van der Waals surface area contributed by atoms with Gasteiger partial charge in [0.1, 0.15) is 5.69 Å². The van der Waals surface area contributed by atoms with Gasteiger partial charge in [0.15, 0.2) is 6.29 Å². The van der Waals surface area contributed by atoms with Crippen LogP contribution >= 0.6 is 0 Å². The highest BCUT2D eigenvalue weighted by molar-refractivity contribution is 5.96. The predicted molar refractivity (Wildman–Crippen MR) is 86.8 cm³/mol. The standard InChI is InChI=1S/C19H17NO/c1-12-9-13(2)18(14(3)10-12)17-6-4-5-15-7-8-16(11-21)20-19(15)17/h4-11H,1-3H3. The normalized spacial score (nSPS) is 10.8. The molecule has 0 spiro atoms. The molecule has 1 aromatic heterocycles. The Morgan fingerprint density at radius 1 is 0.952 bits per heavy atom. The van der Waals surface area contributed by atoms with Gasteiger partial charge in [0.05, 0.1) is 5.52 Å². The summed E-state index contributed by atoms with van der Waals surface area (Å²) in [5.74, 6) is 0. The molecule has 0 N–H and O–H groups in total. The van der Waals surface area contributed by atoms with Crippen LogP contribution in [-0.4, -0.2) is 11.3 Å². The van der Waals surface area contributed by atoms with Gasteiger partial charge in [0.25, 0.3) is 0 Å². The summed E-state index contributed by atoms with van der Waals surface area (Å²) in [6.45, 7) is 6.35. The maximum Gasteiger partial charge on any atom is 0.168 e. The number of aromatic nitrogens is 1. The highest BCUT2D eigenvalue weighted by Gasteiger charge is 2.11. The van der Waals surface area contributed by atoms with Crippen LogP contribution in [0.4, 0.5) is 0 Å². The third-order valence-electron chi connectivity index (χ3n) is 3.81. The topological polar surface area (TPSA) is 30.0 Å². The predicted octanol–water partition coefficient (Wildman–Crippen LogP) is 4.64. The number of aldehydes is 1. The van der Waals surface area contributed by atoms with Gasteiger partial charge in [-0.05, 0) is 43.5 Å². The van der Waals surface area contributed by atoms with Crippen LogP contribution in [0.3, 0.4) is 0 Å². The quantitative estimate of drug-likeness (QED) is 0.638. The molecule has 104 valence electrons. The van der Waals surface area contributed by atoms with Crippen molar-refractivity contribution in [3.63, 3.8) is 0 Å². The van der Waals surface area contributed by atoms with Crippen LogP contribution < -0.4 is 0 Å². The van der Waals surface area contributed by atoms with E-state index in [1.807, 2.05) is 18.2 Å². The zero-order valence-electron chi connectivity index (χ0n) is 12.5. The van der Waals surface area contributed by atoms with Crippen LogP contribution in [0.2, 0.25) is 0 Å². The van der Waals surface area contributed by atoms with Crippen LogP contribution in [-0.2, 0) is 0 Å². The maximum atomic E-state index is 11.0. The van der Waals surface area contributed by atoms with E-state index >= 15 is 0 Å². The summed E-state index contributed by atoms with van der Waals surface area (Å²) in [5, 5.41) is 1.05. The van der Waals surface area contributed by atoms with E-state index in [2.05, 4.69) is 44.0 Å². The Kier molecular flexibility index (Phi) is 3.30. The van der Waals surface area contributed by atoms with E-state index < -0.39 is 0 Å². The number of pyridine rings is 1. The summed E-state index contributed by atoms with van der Waals surface area (Å²) in [6, 6.07) is 14.2. The van der Waals surface area contributed by atoms with Crippen molar-refractivity contribution in [1.29, 1.82) is 0 Å². The van der Waals surface area contributed by atoms with E-state index in [9.17, 15) is 4.79 Å². The van der Waals surface area contributed by atoms with E-state index in [0.29, 0.717) is 5.69 Å². The fraction of sp³-hybridized carbons (Fsp3) is 0.158. The van der Waals surface area contributed by atoms with Crippen molar-refractivity contribution in [2.45, 2.75) is 20.8 Å². The maximum absolute atomic E-state index is 11.0. The van der Waals surface area contributed by atoms with Crippen molar-refractivity contribution in [2.24, 2.45) is 0 Å². The lowest BCUT2D eigenvalue weighted by Gasteiger charge is -2.13. The summed E-state index contributed by atoms with van der Waals surface area (Å²) in [5.41, 5.74) is 7.38. The monoisotopic (exact) mass is 275 g/mol. The summed E-state index contributed by atoms with van der Waals surface area (Å²) in [7, 11) is 0. The number of nitrogens with zero attached hydrogens (tertiary/aromatic N) is 1. The molecule has 0 unspecified atom stereocenters. The Morgan fingerprint density at radius 3 is 2.33 bits per heavy atom. The lowest BCUT2D eigenvalue weighted by atomic mass is 9.92. The van der Waals surface area contributed by atoms with Gasteiger partial charge in [-0.1, -0.05) is 42.0 Å². The van der Waals surface area contributed by atoms with Crippen LogP contribution in [0.1, 0.15) is 27.2 Å². The summed E-state index contributed by atoms with van der Waals surface area (Å²) < 4.78 is 0. The zero-order valence-corrected chi connectivity index (χ0v) is 12.5. The first-order chi connectivity index (χ1) is 10.1. The molecule has 0 aliphatic heterocycles. The lowest BCUT2D eigenvalue weighted by molar-refractivity contribution is 0.111. The van der Waals surface area contributed by atoms with Crippen LogP contribution in [0.15, 0.2) is 42.5 Å². The minimum absolute atomic E-state index is 0.470. The molecule has 2 nitrogen and oxygen atoms in total. The van der Waals surface area contributed by atoms with Gasteiger partial charge in [-0.3, -0.25) is 4.79 Å². The lowest BCUT2D eigenvalue weighted by Crippen LogP contribution is -1.94. The number of fused-ring (bicyclic) bond motifs is 1. The fourth-order valence-electron chi connectivity index (χ4n) is 3.03. The van der Waals surface area contributed by atoms with Crippen molar-refractivity contribution in [3.05, 3.63) is 64.8 Å². The number of hydrogen-bond acceptors (Lipinski definition) is 2. The minimum atomic E-state index is 0.470. The molecule has 0 radical (unpaired) electrons. The number of rotatable bonds is 2. The third-order valence-corrected chi connectivity index (χ3v) is 3.81. The van der Waals surface area contributed by atoms with Crippen LogP contribution in [0.25, 0.3) is 22.0 Å². The Morgan fingerprint density at radius 2 is 1.67 bits per heavy atom. The molecule has 21 heavy (non-hydrogen) atoms. The molecule has 0 amide bonds. The molecule has 2 aromatic carbocycles. The molecule has 0 bridgehead atoms. The molecule has 3 rings (SSSR count). The van der Waals surface area contributed by atoms with E-state index in [1.54, 1.807) is 6.07 Å². The second-order valence-electron chi connectivity index (χ2n) is 5.50. The molecule has 0 saturated carbocycles. The van der Waals surface area contributed by atoms with Crippen LogP contribution in [0, 0.1) is 20.8 Å². The Labute approximate surface area is 124 Å². The summed E-state index contributed by atoms with van der Waals surface area (Å²) in [6.07, 6.45) is 0.797. The minimum Gasteiger partial charge on any atom is -0.296 e. The molecule has 0 atom stereocenters. The Hall–Kier alpha value is -2.48. The average Bonchev–Trinajstić information content (AvgIpc) is 2.46. The van der Waals surface area contributed by atoms with Gasteiger partial charge in [-0.15, -0.1) is 0 Å². The highest BCUT2D eigenvalue weighted by atomic mass is 16.1. The number of hydrogen-bond donors (Lipinski definition) is 0. The molecule has 0 aliphatic carbocycles. The fourth-order valence-corrected chi connectivity index (χ4v) is 3.03. The summed E-state index contributed by atoms with van der Waals surface area (Å²) >= 11 is 0. The van der Waals surface area contributed by atoms with Crippen molar-refractivity contribution >= 4 is 17.2 Å². The number of carbonyl (C=O) groups excluding carboxylic acids is 1. The van der Waals surface area contributed by atoms with Crippen molar-refractivity contribution in [3.8, 4) is 11.1 Å². The van der Waals surface area contributed by atoms with Gasteiger partial charge in [0.2, 0.25) is 0 Å². The summed E-state index contributed by atoms with van der Waals surface area (Å²) in [4.78, 5) is 15.5. The van der Waals surface area contributed by atoms with Crippen LogP contribution in [0.5, 0.6) is 0 Å². The Bertz CT molecular complexity index is 826. The number of benzene rings is 2. The largest absolute Gasteiger partial charge is 0.296 e. The molecule has 0 saturated heterocycles. The van der Waals surface area contributed by atoms with Crippen molar-refractivity contribution in [1.82, 2.24) is 4.98 Å². The number of para-hydroxylation sites is 1. The van der Waals surface area contributed by atoms with E-state index in [4.69, 9.17) is 0 Å². The van der Waals surface area contributed by atoms with Gasteiger partial charge in [0, 0.05) is 10.9 Å². The molecule has 3 aromatic rings. The first kappa shape index (κ1) is 13.5. The van der Waals surface area contributed by atoms with Gasteiger partial charge >= 0.3 is 0 Å². The van der Waals surface area contributed by atoms with Gasteiger partial charge in [-0.25, -0.2) is 4.98 Å². The highest BCUT2D eigenvalue weighted by Crippen LogP contribution is 2.33. The van der Waals surface area contributed by atoms with Gasteiger partial charge in [-0.2, -0.15) is 0 Å². The number of aryl methyl sites for hydroxylation is 3. The molecule has 2 heteroatoms. The van der Waals surface area contributed by atoms with E-state index in [0.717, 1.165) is 22.8 Å². The van der Waals surface area contributed by atoms with Gasteiger partial charge < -0.3 is 0 Å². The zero-order chi connectivity index (χ0) is 15.0. The molecular weight excluding hydrogens is 258 g/mol. The molecule has 0 aliphatic rings. The smallest absolute Gasteiger partial charge is 0.168 e. The third kappa shape index (κ3) is 2.33. The second-order valence-corrected chi connectivity index (χ2v) is 5.50. The molecule has 0 fully saturated rings. The molecular formula is C19H17NO. The first-order valence-corrected chi connectivity index (χ1v) is 7.03. The first-order valence-electron chi connectivity index (χ1n) is 7.03. The van der Waals surface area contributed by atoms with Crippen molar-refractivity contribution < 1.29 is 4.79 Å². The SMILES string of the molecule is Cc1cc(C)c(-c2cccc3ccc(C=O)nc23)c(C)c1. The average molecular weight is 275 g/mol.